The maximum absolute atomic E-state index is 11.9. The summed E-state index contributed by atoms with van der Waals surface area (Å²) in [5.74, 6) is 0.823. The topological polar surface area (TPSA) is 49.6 Å². The largest absolute Gasteiger partial charge is 0.371 e. The van der Waals surface area contributed by atoms with Crippen LogP contribution in [0.15, 0.2) is 18.2 Å². The summed E-state index contributed by atoms with van der Waals surface area (Å²) in [6, 6.07) is 5.74. The zero-order valence-corrected chi connectivity index (χ0v) is 12.3. The van der Waals surface area contributed by atoms with Gasteiger partial charge in [-0.15, -0.1) is 0 Å². The van der Waals surface area contributed by atoms with E-state index >= 15 is 0 Å². The van der Waals surface area contributed by atoms with E-state index in [1.165, 1.54) is 24.9 Å². The molecule has 1 aliphatic carbocycles. The lowest BCUT2D eigenvalue weighted by Crippen LogP contribution is -2.32. The van der Waals surface area contributed by atoms with Gasteiger partial charge in [0.25, 0.3) is 0 Å². The quantitative estimate of drug-likeness (QED) is 0.915. The molecule has 1 heterocycles. The van der Waals surface area contributed by atoms with Gasteiger partial charge in [-0.3, -0.25) is 4.79 Å². The molecule has 2 N–H and O–H groups in total. The molecule has 108 valence electrons. The maximum Gasteiger partial charge on any atom is 0.248 e. The molecule has 1 fully saturated rings. The lowest BCUT2D eigenvalue weighted by atomic mass is 9.85. The molecule has 1 atom stereocenters. The van der Waals surface area contributed by atoms with E-state index in [0.717, 1.165) is 30.3 Å². The minimum absolute atomic E-state index is 0.0146. The van der Waals surface area contributed by atoms with Gasteiger partial charge in [0.1, 0.15) is 6.04 Å². The summed E-state index contributed by atoms with van der Waals surface area (Å²) >= 11 is 0. The fourth-order valence-corrected chi connectivity index (χ4v) is 3.15. The fourth-order valence-electron chi connectivity index (χ4n) is 3.15. The SMILES string of the molecule is CCN(CC1CCC1)c1ccc2c(c1)N(C)C(=O)C2N. The molecule has 3 rings (SSSR count). The van der Waals surface area contributed by atoms with Gasteiger partial charge < -0.3 is 15.5 Å². The van der Waals surface area contributed by atoms with E-state index in [4.69, 9.17) is 5.73 Å². The predicted molar refractivity (Wildman–Crippen MR) is 82.0 cm³/mol. The van der Waals surface area contributed by atoms with E-state index in [9.17, 15) is 4.79 Å². The van der Waals surface area contributed by atoms with Gasteiger partial charge in [-0.25, -0.2) is 0 Å². The van der Waals surface area contributed by atoms with Gasteiger partial charge in [-0.1, -0.05) is 12.5 Å². The van der Waals surface area contributed by atoms with Gasteiger partial charge in [0.15, 0.2) is 0 Å². The summed E-state index contributed by atoms with van der Waals surface area (Å²) in [4.78, 5) is 16.0. The van der Waals surface area contributed by atoms with Crippen LogP contribution in [-0.2, 0) is 4.79 Å². The third kappa shape index (κ3) is 2.08. The molecule has 0 spiro atoms. The molecular formula is C16H23N3O. The maximum atomic E-state index is 11.9. The van der Waals surface area contributed by atoms with Crippen molar-refractivity contribution in [3.63, 3.8) is 0 Å². The Hall–Kier alpha value is -1.55. The summed E-state index contributed by atoms with van der Waals surface area (Å²) in [6.45, 7) is 4.31. The Kier molecular flexibility index (Phi) is 3.42. The van der Waals surface area contributed by atoms with Crippen LogP contribution < -0.4 is 15.5 Å². The Morgan fingerprint density at radius 3 is 2.75 bits per heavy atom. The number of nitrogens with zero attached hydrogens (tertiary/aromatic N) is 2. The zero-order chi connectivity index (χ0) is 14.3. The summed E-state index contributed by atoms with van der Waals surface area (Å²) in [5, 5.41) is 0. The summed E-state index contributed by atoms with van der Waals surface area (Å²) in [5.41, 5.74) is 9.06. The van der Waals surface area contributed by atoms with Crippen LogP contribution in [0.3, 0.4) is 0 Å². The van der Waals surface area contributed by atoms with E-state index in [1.807, 2.05) is 6.07 Å². The Morgan fingerprint density at radius 2 is 2.15 bits per heavy atom. The molecule has 1 amide bonds. The number of benzene rings is 1. The number of hydrogen-bond acceptors (Lipinski definition) is 3. The van der Waals surface area contributed by atoms with Crippen LogP contribution in [-0.4, -0.2) is 26.0 Å². The second-order valence-electron chi connectivity index (χ2n) is 5.95. The Morgan fingerprint density at radius 1 is 1.40 bits per heavy atom. The summed E-state index contributed by atoms with van der Waals surface area (Å²) < 4.78 is 0. The number of nitrogens with two attached hydrogens (primary N) is 1. The van der Waals surface area contributed by atoms with Crippen molar-refractivity contribution in [3.8, 4) is 0 Å². The van der Waals surface area contributed by atoms with Crippen molar-refractivity contribution in [2.75, 3.05) is 29.9 Å². The summed E-state index contributed by atoms with van der Waals surface area (Å²) in [6.07, 6.45) is 4.08. The van der Waals surface area contributed by atoms with E-state index in [0.29, 0.717) is 0 Å². The highest BCUT2D eigenvalue weighted by Crippen LogP contribution is 2.37. The van der Waals surface area contributed by atoms with Crippen molar-refractivity contribution in [1.29, 1.82) is 0 Å². The number of anilines is 2. The van der Waals surface area contributed by atoms with Crippen molar-refractivity contribution in [1.82, 2.24) is 0 Å². The lowest BCUT2D eigenvalue weighted by Gasteiger charge is -2.33. The monoisotopic (exact) mass is 273 g/mol. The van der Waals surface area contributed by atoms with Gasteiger partial charge in [0.2, 0.25) is 5.91 Å². The van der Waals surface area contributed by atoms with Crippen LogP contribution >= 0.6 is 0 Å². The van der Waals surface area contributed by atoms with Crippen LogP contribution in [0.2, 0.25) is 0 Å². The molecule has 2 aliphatic rings. The van der Waals surface area contributed by atoms with Gasteiger partial charge in [-0.05, 0) is 37.8 Å². The number of hydrogen-bond donors (Lipinski definition) is 1. The third-order valence-electron chi connectivity index (χ3n) is 4.76. The van der Waals surface area contributed by atoms with E-state index in [2.05, 4.69) is 24.0 Å². The molecule has 0 saturated heterocycles. The molecule has 1 aliphatic heterocycles. The highest BCUT2D eigenvalue weighted by Gasteiger charge is 2.32. The second kappa shape index (κ2) is 5.09. The first kappa shape index (κ1) is 13.4. The van der Waals surface area contributed by atoms with Crippen molar-refractivity contribution in [3.05, 3.63) is 23.8 Å². The van der Waals surface area contributed by atoms with Crippen LogP contribution in [0.5, 0.6) is 0 Å². The number of amides is 1. The average Bonchev–Trinajstić information content (AvgIpc) is 2.63. The first-order valence-electron chi connectivity index (χ1n) is 7.54. The molecular weight excluding hydrogens is 250 g/mol. The standard InChI is InChI=1S/C16H23N3O/c1-3-19(10-11-5-4-6-11)12-7-8-13-14(9-12)18(2)16(20)15(13)17/h7-9,11,15H,3-6,10,17H2,1-2H3. The van der Waals surface area contributed by atoms with E-state index < -0.39 is 6.04 Å². The number of rotatable bonds is 4. The highest BCUT2D eigenvalue weighted by molar-refractivity contribution is 6.04. The molecule has 20 heavy (non-hydrogen) atoms. The van der Waals surface area contributed by atoms with Crippen molar-refractivity contribution in [2.45, 2.75) is 32.2 Å². The molecule has 0 aromatic heterocycles. The minimum atomic E-state index is -0.495. The third-order valence-corrected chi connectivity index (χ3v) is 4.76. The molecule has 4 heteroatoms. The van der Waals surface area contributed by atoms with Gasteiger partial charge in [0, 0.05) is 31.4 Å². The smallest absolute Gasteiger partial charge is 0.248 e. The van der Waals surface area contributed by atoms with E-state index in [1.54, 1.807) is 11.9 Å². The van der Waals surface area contributed by atoms with Crippen molar-refractivity contribution >= 4 is 17.3 Å². The Balaban J connectivity index is 1.86. The predicted octanol–water partition coefficient (Wildman–Crippen LogP) is 2.29. The fraction of sp³-hybridized carbons (Fsp3) is 0.562. The number of carbonyl (C=O) groups is 1. The van der Waals surface area contributed by atoms with E-state index in [-0.39, 0.29) is 5.91 Å². The van der Waals surface area contributed by atoms with Gasteiger partial charge >= 0.3 is 0 Å². The summed E-state index contributed by atoms with van der Waals surface area (Å²) in [7, 11) is 1.81. The first-order valence-corrected chi connectivity index (χ1v) is 7.54. The van der Waals surface area contributed by atoms with Crippen molar-refractivity contribution in [2.24, 2.45) is 11.7 Å². The number of fused-ring (bicyclic) bond motifs is 1. The molecule has 1 aromatic rings. The van der Waals surface area contributed by atoms with Crippen LogP contribution in [0.1, 0.15) is 37.8 Å². The highest BCUT2D eigenvalue weighted by atomic mass is 16.2. The first-order chi connectivity index (χ1) is 9.61. The van der Waals surface area contributed by atoms with Crippen LogP contribution in [0.4, 0.5) is 11.4 Å². The second-order valence-corrected chi connectivity index (χ2v) is 5.95. The normalized spacial score (nSPS) is 21.9. The molecule has 0 radical (unpaired) electrons. The Bertz CT molecular complexity index is 524. The van der Waals surface area contributed by atoms with Crippen LogP contribution in [0, 0.1) is 5.92 Å². The minimum Gasteiger partial charge on any atom is -0.371 e. The number of likely N-dealkylation sites (N-methyl/N-ethyl adjacent to an activating group) is 1. The van der Waals surface area contributed by atoms with Crippen LogP contribution in [0.25, 0.3) is 0 Å². The van der Waals surface area contributed by atoms with Crippen molar-refractivity contribution < 1.29 is 4.79 Å². The average molecular weight is 273 g/mol. The molecule has 0 bridgehead atoms. The zero-order valence-electron chi connectivity index (χ0n) is 12.3. The van der Waals surface area contributed by atoms with Gasteiger partial charge in [-0.2, -0.15) is 0 Å². The number of carbonyl (C=O) groups excluding carboxylic acids is 1. The molecule has 4 nitrogen and oxygen atoms in total. The Labute approximate surface area is 120 Å². The van der Waals surface area contributed by atoms with Gasteiger partial charge in [0.05, 0.1) is 5.69 Å². The molecule has 1 saturated carbocycles. The molecule has 1 aromatic carbocycles. The molecule has 1 unspecified atom stereocenters. The lowest BCUT2D eigenvalue weighted by molar-refractivity contribution is -0.118.